The van der Waals surface area contributed by atoms with Gasteiger partial charge in [0.25, 0.3) is 0 Å². The molecule has 0 amide bonds. The highest BCUT2D eigenvalue weighted by molar-refractivity contribution is 5.01. The Morgan fingerprint density at radius 2 is 2.00 bits per heavy atom. The molecule has 5 unspecified atom stereocenters. The van der Waals surface area contributed by atoms with Crippen LogP contribution in [0.15, 0.2) is 0 Å². The van der Waals surface area contributed by atoms with Gasteiger partial charge >= 0.3 is 0 Å². The number of aliphatic hydroxyl groups is 1. The fourth-order valence-electron chi connectivity index (χ4n) is 3.17. The maximum Gasteiger partial charge on any atom is 0.0682 e. The lowest BCUT2D eigenvalue weighted by atomic mass is 9.63. The van der Waals surface area contributed by atoms with E-state index in [0.717, 1.165) is 12.8 Å². The fraction of sp³-hybridized carbons (Fsp3) is 1.00. The molecule has 0 heterocycles. The van der Waals surface area contributed by atoms with Crippen molar-refractivity contribution in [2.45, 2.75) is 77.6 Å². The van der Waals surface area contributed by atoms with Crippen molar-refractivity contribution in [3.63, 3.8) is 0 Å². The van der Waals surface area contributed by atoms with E-state index in [1.54, 1.807) is 0 Å². The first kappa shape index (κ1) is 12.4. The number of rotatable bonds is 3. The summed E-state index contributed by atoms with van der Waals surface area (Å²) in [6.07, 6.45) is 7.63. The molecule has 5 atom stereocenters. The summed E-state index contributed by atoms with van der Waals surface area (Å²) in [6, 6.07) is 0. The van der Waals surface area contributed by atoms with Gasteiger partial charge in [-0.2, -0.15) is 0 Å². The predicted octanol–water partition coefficient (Wildman–Crippen LogP) is 3.13. The average Bonchev–Trinajstić information content (AvgIpc) is 2.30. The van der Waals surface area contributed by atoms with Gasteiger partial charge in [-0.1, -0.05) is 33.6 Å². The lowest BCUT2D eigenvalue weighted by molar-refractivity contribution is -0.214. The van der Waals surface area contributed by atoms with Crippen molar-refractivity contribution in [3.05, 3.63) is 0 Å². The molecule has 2 fully saturated rings. The van der Waals surface area contributed by atoms with Crippen LogP contribution in [-0.2, 0) is 4.74 Å². The second-order valence-electron chi connectivity index (χ2n) is 6.04. The summed E-state index contributed by atoms with van der Waals surface area (Å²) in [4.78, 5) is 0. The molecule has 0 saturated heterocycles. The van der Waals surface area contributed by atoms with Crippen LogP contribution in [0.4, 0.5) is 0 Å². The summed E-state index contributed by atoms with van der Waals surface area (Å²) in [5, 5.41) is 9.85. The minimum atomic E-state index is -0.151. The molecule has 16 heavy (non-hydrogen) atoms. The molecule has 2 saturated carbocycles. The lowest BCUT2D eigenvalue weighted by Crippen LogP contribution is -2.57. The third-order valence-corrected chi connectivity index (χ3v) is 5.07. The highest BCUT2D eigenvalue weighted by Crippen LogP contribution is 2.47. The van der Waals surface area contributed by atoms with Crippen LogP contribution in [0.25, 0.3) is 0 Å². The molecule has 0 bridgehead atoms. The molecule has 0 aliphatic heterocycles. The maximum absolute atomic E-state index is 9.85. The van der Waals surface area contributed by atoms with Crippen LogP contribution >= 0.6 is 0 Å². The highest BCUT2D eigenvalue weighted by atomic mass is 16.5. The second kappa shape index (κ2) is 4.66. The van der Waals surface area contributed by atoms with Gasteiger partial charge in [-0.25, -0.2) is 0 Å². The maximum atomic E-state index is 9.85. The molecule has 2 heteroatoms. The first-order valence-electron chi connectivity index (χ1n) is 6.91. The SMILES string of the molecule is CCC1(C)C(O)CC1OC1CCCCC1C. The first-order chi connectivity index (χ1) is 7.58. The summed E-state index contributed by atoms with van der Waals surface area (Å²) >= 11 is 0. The second-order valence-corrected chi connectivity index (χ2v) is 6.04. The van der Waals surface area contributed by atoms with Crippen LogP contribution in [0.2, 0.25) is 0 Å². The van der Waals surface area contributed by atoms with Crippen LogP contribution in [0, 0.1) is 11.3 Å². The van der Waals surface area contributed by atoms with Gasteiger partial charge in [0, 0.05) is 11.8 Å². The van der Waals surface area contributed by atoms with Crippen molar-refractivity contribution in [2.24, 2.45) is 11.3 Å². The fourth-order valence-corrected chi connectivity index (χ4v) is 3.17. The average molecular weight is 226 g/mol. The van der Waals surface area contributed by atoms with E-state index in [1.165, 1.54) is 25.7 Å². The van der Waals surface area contributed by atoms with E-state index < -0.39 is 0 Å². The number of aliphatic hydroxyl groups excluding tert-OH is 1. The number of hydrogen-bond acceptors (Lipinski definition) is 2. The van der Waals surface area contributed by atoms with Gasteiger partial charge in [-0.3, -0.25) is 0 Å². The van der Waals surface area contributed by atoms with E-state index in [-0.39, 0.29) is 17.6 Å². The molecule has 0 aromatic carbocycles. The molecule has 94 valence electrons. The molecule has 0 spiro atoms. The molecule has 2 aliphatic rings. The van der Waals surface area contributed by atoms with Gasteiger partial charge in [0.15, 0.2) is 0 Å². The van der Waals surface area contributed by atoms with E-state index in [1.807, 2.05) is 0 Å². The van der Waals surface area contributed by atoms with E-state index >= 15 is 0 Å². The van der Waals surface area contributed by atoms with Gasteiger partial charge in [0.05, 0.1) is 18.3 Å². The van der Waals surface area contributed by atoms with Gasteiger partial charge < -0.3 is 9.84 Å². The van der Waals surface area contributed by atoms with Gasteiger partial charge in [-0.05, 0) is 25.2 Å². The molecule has 0 radical (unpaired) electrons. The van der Waals surface area contributed by atoms with E-state index in [2.05, 4.69) is 20.8 Å². The van der Waals surface area contributed by atoms with Crippen molar-refractivity contribution < 1.29 is 9.84 Å². The molecule has 2 aliphatic carbocycles. The zero-order valence-electron chi connectivity index (χ0n) is 10.9. The minimum Gasteiger partial charge on any atom is -0.392 e. The van der Waals surface area contributed by atoms with Crippen LogP contribution < -0.4 is 0 Å². The Morgan fingerprint density at radius 3 is 2.56 bits per heavy atom. The molecule has 0 aromatic heterocycles. The first-order valence-corrected chi connectivity index (χ1v) is 6.91. The van der Waals surface area contributed by atoms with Crippen LogP contribution in [0.3, 0.4) is 0 Å². The van der Waals surface area contributed by atoms with Crippen LogP contribution in [0.5, 0.6) is 0 Å². The minimum absolute atomic E-state index is 0.0111. The molecular formula is C14H26O2. The smallest absolute Gasteiger partial charge is 0.0682 e. The summed E-state index contributed by atoms with van der Waals surface area (Å²) in [6.45, 7) is 6.63. The van der Waals surface area contributed by atoms with Crippen molar-refractivity contribution >= 4 is 0 Å². The summed E-state index contributed by atoms with van der Waals surface area (Å²) in [7, 11) is 0. The highest BCUT2D eigenvalue weighted by Gasteiger charge is 2.51. The quantitative estimate of drug-likeness (QED) is 0.801. The molecule has 1 N–H and O–H groups in total. The van der Waals surface area contributed by atoms with Gasteiger partial charge in [0.1, 0.15) is 0 Å². The van der Waals surface area contributed by atoms with Crippen molar-refractivity contribution in [1.29, 1.82) is 0 Å². The Labute approximate surface area is 99.4 Å². The third kappa shape index (κ3) is 2.02. The molecule has 0 aromatic rings. The van der Waals surface area contributed by atoms with E-state index in [0.29, 0.717) is 12.0 Å². The number of ether oxygens (including phenoxy) is 1. The van der Waals surface area contributed by atoms with Crippen molar-refractivity contribution in [3.8, 4) is 0 Å². The Hall–Kier alpha value is -0.0800. The van der Waals surface area contributed by atoms with Gasteiger partial charge in [0.2, 0.25) is 0 Å². The monoisotopic (exact) mass is 226 g/mol. The Kier molecular flexibility index (Phi) is 3.60. The number of hydrogen-bond donors (Lipinski definition) is 1. The standard InChI is InChI=1S/C14H26O2/c1-4-14(3)12(15)9-13(14)16-11-8-6-5-7-10(11)2/h10-13,15H,4-9H2,1-3H3. The van der Waals surface area contributed by atoms with E-state index in [9.17, 15) is 5.11 Å². The summed E-state index contributed by atoms with van der Waals surface area (Å²) in [5.41, 5.74) is 0.0111. The Morgan fingerprint density at radius 1 is 1.31 bits per heavy atom. The summed E-state index contributed by atoms with van der Waals surface area (Å²) in [5.74, 6) is 0.701. The molecule has 2 rings (SSSR count). The molecular weight excluding hydrogens is 200 g/mol. The Balaban J connectivity index is 1.90. The zero-order chi connectivity index (χ0) is 11.8. The van der Waals surface area contributed by atoms with Gasteiger partial charge in [-0.15, -0.1) is 0 Å². The largest absolute Gasteiger partial charge is 0.392 e. The van der Waals surface area contributed by atoms with Crippen molar-refractivity contribution in [2.75, 3.05) is 0 Å². The predicted molar refractivity (Wildman–Crippen MR) is 65.3 cm³/mol. The third-order valence-electron chi connectivity index (χ3n) is 5.07. The topological polar surface area (TPSA) is 29.5 Å². The van der Waals surface area contributed by atoms with Crippen LogP contribution in [0.1, 0.15) is 59.3 Å². The lowest BCUT2D eigenvalue weighted by Gasteiger charge is -2.52. The normalized spacial score (nSPS) is 48.8. The van der Waals surface area contributed by atoms with E-state index in [4.69, 9.17) is 4.74 Å². The van der Waals surface area contributed by atoms with Crippen molar-refractivity contribution in [1.82, 2.24) is 0 Å². The van der Waals surface area contributed by atoms with Crippen LogP contribution in [-0.4, -0.2) is 23.4 Å². The Bertz CT molecular complexity index is 241. The molecule has 2 nitrogen and oxygen atoms in total. The zero-order valence-corrected chi connectivity index (χ0v) is 10.9. The summed E-state index contributed by atoms with van der Waals surface area (Å²) < 4.78 is 6.26.